The van der Waals surface area contributed by atoms with E-state index in [-0.39, 0.29) is 5.91 Å². The van der Waals surface area contributed by atoms with Crippen LogP contribution in [0.2, 0.25) is 5.02 Å². The molecule has 1 aromatic carbocycles. The maximum Gasteiger partial charge on any atom is 0.255 e. The smallest absolute Gasteiger partial charge is 0.255 e. The van der Waals surface area contributed by atoms with Crippen LogP contribution < -0.4 is 15.1 Å². The fourth-order valence-corrected chi connectivity index (χ4v) is 3.05. The molecule has 1 saturated heterocycles. The van der Waals surface area contributed by atoms with Gasteiger partial charge in [-0.25, -0.2) is 4.98 Å². The van der Waals surface area contributed by atoms with Crippen molar-refractivity contribution in [3.63, 3.8) is 0 Å². The lowest BCUT2D eigenvalue weighted by Gasteiger charge is -2.28. The molecule has 7 heteroatoms. The van der Waals surface area contributed by atoms with E-state index in [9.17, 15) is 4.79 Å². The minimum atomic E-state index is -0.236. The molecule has 0 unspecified atom stereocenters. The Labute approximate surface area is 152 Å². The van der Waals surface area contributed by atoms with Gasteiger partial charge in [0.05, 0.1) is 6.20 Å². The third-order valence-corrected chi connectivity index (χ3v) is 4.39. The van der Waals surface area contributed by atoms with E-state index in [0.717, 1.165) is 25.9 Å². The zero-order valence-electron chi connectivity index (χ0n) is 14.5. The SMILES string of the molecule is CN(C)c1nc(N2CCCCC2)ncc1NC(=O)c1cccc(Cl)c1. The molecule has 132 valence electrons. The van der Waals surface area contributed by atoms with E-state index in [4.69, 9.17) is 11.6 Å². The highest BCUT2D eigenvalue weighted by Gasteiger charge is 2.18. The highest BCUT2D eigenvalue weighted by atomic mass is 35.5. The Morgan fingerprint density at radius 3 is 2.68 bits per heavy atom. The van der Waals surface area contributed by atoms with Crippen molar-refractivity contribution in [3.05, 3.63) is 41.0 Å². The predicted molar refractivity (Wildman–Crippen MR) is 102 cm³/mol. The van der Waals surface area contributed by atoms with Crippen molar-refractivity contribution in [1.82, 2.24) is 9.97 Å². The standard InChI is InChI=1S/C18H22ClN5O/c1-23(2)16-15(21-17(25)13-7-6-8-14(19)11-13)12-20-18(22-16)24-9-4-3-5-10-24/h6-8,11-12H,3-5,9-10H2,1-2H3,(H,21,25). The van der Waals surface area contributed by atoms with E-state index in [1.165, 1.54) is 6.42 Å². The molecular formula is C18H22ClN5O. The molecular weight excluding hydrogens is 338 g/mol. The summed E-state index contributed by atoms with van der Waals surface area (Å²) in [4.78, 5) is 25.7. The van der Waals surface area contributed by atoms with Crippen LogP contribution >= 0.6 is 11.6 Å². The van der Waals surface area contributed by atoms with Gasteiger partial charge >= 0.3 is 0 Å². The molecule has 1 amide bonds. The number of anilines is 3. The summed E-state index contributed by atoms with van der Waals surface area (Å²) in [5.74, 6) is 1.16. The van der Waals surface area contributed by atoms with Gasteiger partial charge in [-0.3, -0.25) is 4.79 Å². The van der Waals surface area contributed by atoms with Gasteiger partial charge in [-0.2, -0.15) is 4.98 Å². The number of piperidine rings is 1. The molecule has 1 N–H and O–H groups in total. The zero-order valence-corrected chi connectivity index (χ0v) is 15.3. The molecule has 0 aliphatic carbocycles. The highest BCUT2D eigenvalue weighted by molar-refractivity contribution is 6.31. The molecule has 25 heavy (non-hydrogen) atoms. The molecule has 0 saturated carbocycles. The average molecular weight is 360 g/mol. The second-order valence-corrected chi connectivity index (χ2v) is 6.75. The Morgan fingerprint density at radius 2 is 2.00 bits per heavy atom. The van der Waals surface area contributed by atoms with E-state index >= 15 is 0 Å². The Bertz CT molecular complexity index is 759. The van der Waals surface area contributed by atoms with Crippen molar-refractivity contribution < 1.29 is 4.79 Å². The molecule has 0 bridgehead atoms. The summed E-state index contributed by atoms with van der Waals surface area (Å²) < 4.78 is 0. The molecule has 3 rings (SSSR count). The minimum Gasteiger partial charge on any atom is -0.361 e. The minimum absolute atomic E-state index is 0.236. The van der Waals surface area contributed by atoms with E-state index in [0.29, 0.717) is 28.0 Å². The maximum atomic E-state index is 12.5. The van der Waals surface area contributed by atoms with Gasteiger partial charge in [0.25, 0.3) is 5.91 Å². The average Bonchev–Trinajstić information content (AvgIpc) is 2.62. The van der Waals surface area contributed by atoms with Crippen molar-refractivity contribution in [2.45, 2.75) is 19.3 Å². The Balaban J connectivity index is 1.84. The van der Waals surface area contributed by atoms with Crippen LogP contribution in [0.15, 0.2) is 30.5 Å². The van der Waals surface area contributed by atoms with Gasteiger partial charge < -0.3 is 15.1 Å². The van der Waals surface area contributed by atoms with E-state index in [2.05, 4.69) is 20.2 Å². The van der Waals surface area contributed by atoms with Gasteiger partial charge in [-0.1, -0.05) is 17.7 Å². The normalized spacial score (nSPS) is 14.3. The van der Waals surface area contributed by atoms with E-state index < -0.39 is 0 Å². The number of hydrogen-bond acceptors (Lipinski definition) is 5. The molecule has 0 atom stereocenters. The molecule has 6 nitrogen and oxygen atoms in total. The second-order valence-electron chi connectivity index (χ2n) is 6.31. The van der Waals surface area contributed by atoms with Crippen molar-refractivity contribution in [2.75, 3.05) is 42.3 Å². The van der Waals surface area contributed by atoms with Gasteiger partial charge in [0.2, 0.25) is 5.95 Å². The number of benzene rings is 1. The summed E-state index contributed by atoms with van der Waals surface area (Å²) in [5, 5.41) is 3.41. The number of halogens is 1. The van der Waals surface area contributed by atoms with Gasteiger partial charge in [0.1, 0.15) is 5.69 Å². The lowest BCUT2D eigenvalue weighted by Crippen LogP contribution is -2.31. The van der Waals surface area contributed by atoms with Crippen molar-refractivity contribution in [2.24, 2.45) is 0 Å². The molecule has 1 aliphatic heterocycles. The molecule has 0 radical (unpaired) electrons. The molecule has 1 fully saturated rings. The highest BCUT2D eigenvalue weighted by Crippen LogP contribution is 2.26. The van der Waals surface area contributed by atoms with Gasteiger partial charge in [0.15, 0.2) is 5.82 Å². The number of amides is 1. The van der Waals surface area contributed by atoms with Crippen LogP contribution in [0, 0.1) is 0 Å². The number of aromatic nitrogens is 2. The van der Waals surface area contributed by atoms with Gasteiger partial charge in [-0.15, -0.1) is 0 Å². The Kier molecular flexibility index (Phi) is 5.38. The third-order valence-electron chi connectivity index (χ3n) is 4.15. The van der Waals surface area contributed by atoms with Crippen LogP contribution in [-0.2, 0) is 0 Å². The fraction of sp³-hybridized carbons (Fsp3) is 0.389. The summed E-state index contributed by atoms with van der Waals surface area (Å²) in [6.45, 7) is 1.95. The van der Waals surface area contributed by atoms with Crippen LogP contribution in [0.3, 0.4) is 0 Å². The summed E-state index contributed by atoms with van der Waals surface area (Å²) in [7, 11) is 3.80. The number of rotatable bonds is 4. The van der Waals surface area contributed by atoms with Crippen LogP contribution in [0.4, 0.5) is 17.5 Å². The van der Waals surface area contributed by atoms with E-state index in [1.54, 1.807) is 30.5 Å². The van der Waals surface area contributed by atoms with Crippen LogP contribution in [0.5, 0.6) is 0 Å². The Morgan fingerprint density at radius 1 is 1.24 bits per heavy atom. The Hall–Kier alpha value is -2.34. The van der Waals surface area contributed by atoms with Crippen molar-refractivity contribution >= 4 is 35.0 Å². The molecule has 1 aromatic heterocycles. The zero-order chi connectivity index (χ0) is 17.8. The van der Waals surface area contributed by atoms with Gasteiger partial charge in [0, 0.05) is 37.8 Å². The first-order valence-corrected chi connectivity index (χ1v) is 8.78. The van der Waals surface area contributed by atoms with Crippen molar-refractivity contribution in [1.29, 1.82) is 0 Å². The van der Waals surface area contributed by atoms with Crippen molar-refractivity contribution in [3.8, 4) is 0 Å². The second kappa shape index (κ2) is 7.70. The molecule has 1 aliphatic rings. The van der Waals surface area contributed by atoms with Gasteiger partial charge in [-0.05, 0) is 37.5 Å². The number of nitrogens with one attached hydrogen (secondary N) is 1. The number of carbonyl (C=O) groups is 1. The summed E-state index contributed by atoms with van der Waals surface area (Å²) in [6, 6.07) is 6.84. The molecule has 2 aromatic rings. The first-order chi connectivity index (χ1) is 12.0. The third kappa shape index (κ3) is 4.20. The summed E-state index contributed by atoms with van der Waals surface area (Å²) in [6.07, 6.45) is 5.25. The first kappa shape index (κ1) is 17.5. The fourth-order valence-electron chi connectivity index (χ4n) is 2.86. The topological polar surface area (TPSA) is 61.4 Å². The van der Waals surface area contributed by atoms with Crippen LogP contribution in [0.25, 0.3) is 0 Å². The maximum absolute atomic E-state index is 12.5. The number of hydrogen-bond donors (Lipinski definition) is 1. The lowest BCUT2D eigenvalue weighted by atomic mass is 10.1. The molecule has 0 spiro atoms. The molecule has 2 heterocycles. The lowest BCUT2D eigenvalue weighted by molar-refractivity contribution is 0.102. The summed E-state index contributed by atoms with van der Waals surface area (Å²) in [5.41, 5.74) is 1.08. The largest absolute Gasteiger partial charge is 0.361 e. The predicted octanol–water partition coefficient (Wildman–Crippen LogP) is 3.44. The first-order valence-electron chi connectivity index (χ1n) is 8.41. The summed E-state index contributed by atoms with van der Waals surface area (Å²) >= 11 is 5.96. The van der Waals surface area contributed by atoms with Crippen LogP contribution in [-0.4, -0.2) is 43.1 Å². The monoisotopic (exact) mass is 359 g/mol. The van der Waals surface area contributed by atoms with Crippen LogP contribution in [0.1, 0.15) is 29.6 Å². The number of carbonyl (C=O) groups excluding carboxylic acids is 1. The quantitative estimate of drug-likeness (QED) is 0.906. The number of nitrogens with zero attached hydrogens (tertiary/aromatic N) is 4. The van der Waals surface area contributed by atoms with E-state index in [1.807, 2.05) is 19.0 Å².